The van der Waals surface area contributed by atoms with E-state index in [0.717, 1.165) is 10.9 Å². The summed E-state index contributed by atoms with van der Waals surface area (Å²) in [6.45, 7) is 3.80. The van der Waals surface area contributed by atoms with Crippen molar-refractivity contribution in [2.45, 2.75) is 31.3 Å². The summed E-state index contributed by atoms with van der Waals surface area (Å²) in [6, 6.07) is 14.4. The Hall–Kier alpha value is -2.97. The quantitative estimate of drug-likeness (QED) is 0.677. The number of carbonyl (C=O) groups is 1. The van der Waals surface area contributed by atoms with Gasteiger partial charge < -0.3 is 10.1 Å². The van der Waals surface area contributed by atoms with Crippen LogP contribution < -0.4 is 10.1 Å². The highest BCUT2D eigenvalue weighted by Gasteiger charge is 2.34. The maximum atomic E-state index is 13.2. The Kier molecular flexibility index (Phi) is 5.44. The number of hydrogen-bond acceptors (Lipinski definition) is 5. The third-order valence-electron chi connectivity index (χ3n) is 5.11. The molecule has 0 aliphatic carbocycles. The minimum atomic E-state index is -3.66. The van der Waals surface area contributed by atoms with Gasteiger partial charge in [0.25, 0.3) is 0 Å². The van der Waals surface area contributed by atoms with E-state index < -0.39 is 10.0 Å². The van der Waals surface area contributed by atoms with Crippen molar-refractivity contribution in [1.82, 2.24) is 9.29 Å². The lowest BCUT2D eigenvalue weighted by molar-refractivity contribution is -0.114. The second kappa shape index (κ2) is 8.04. The van der Waals surface area contributed by atoms with Gasteiger partial charge in [0.2, 0.25) is 15.9 Å². The summed E-state index contributed by atoms with van der Waals surface area (Å²) in [4.78, 5) is 15.9. The van der Waals surface area contributed by atoms with E-state index in [2.05, 4.69) is 10.3 Å². The fourth-order valence-corrected chi connectivity index (χ4v) is 5.41. The van der Waals surface area contributed by atoms with Gasteiger partial charge in [-0.3, -0.25) is 9.78 Å². The highest BCUT2D eigenvalue weighted by Crippen LogP contribution is 2.29. The number of aromatic nitrogens is 1. The number of pyridine rings is 1. The van der Waals surface area contributed by atoms with Crippen molar-refractivity contribution >= 4 is 32.5 Å². The summed E-state index contributed by atoms with van der Waals surface area (Å²) in [5.41, 5.74) is 1.93. The monoisotopic (exact) mass is 425 g/mol. The van der Waals surface area contributed by atoms with Crippen LogP contribution in [0.1, 0.15) is 18.9 Å². The van der Waals surface area contributed by atoms with Gasteiger partial charge in [0.15, 0.2) is 0 Å². The topological polar surface area (TPSA) is 88.6 Å². The van der Waals surface area contributed by atoms with Crippen LogP contribution >= 0.6 is 0 Å². The van der Waals surface area contributed by atoms with Crippen LogP contribution in [0.25, 0.3) is 10.9 Å². The number of benzene rings is 2. The molecule has 7 nitrogen and oxygen atoms in total. The minimum absolute atomic E-state index is 0.201. The number of anilines is 1. The van der Waals surface area contributed by atoms with Crippen LogP contribution in [0.4, 0.5) is 5.69 Å². The smallest absolute Gasteiger partial charge is 0.243 e. The first kappa shape index (κ1) is 20.3. The van der Waals surface area contributed by atoms with Gasteiger partial charge in [0.05, 0.1) is 11.4 Å². The van der Waals surface area contributed by atoms with Gasteiger partial charge in [-0.1, -0.05) is 18.2 Å². The van der Waals surface area contributed by atoms with Gasteiger partial charge in [-0.15, -0.1) is 0 Å². The fourth-order valence-electron chi connectivity index (χ4n) is 3.72. The molecular formula is C22H23N3O4S. The molecule has 1 saturated heterocycles. The zero-order valence-electron chi connectivity index (χ0n) is 16.8. The molecule has 1 fully saturated rings. The molecule has 1 amide bonds. The number of carbonyl (C=O) groups excluding carboxylic acids is 1. The predicted octanol–water partition coefficient (Wildman–Crippen LogP) is 3.34. The van der Waals surface area contributed by atoms with E-state index in [1.807, 2.05) is 30.3 Å². The SMILES string of the molecule is CC(=O)Nc1ccc(S(=O)(=O)N2CCC(Oc3cccc4cccnc34)C2)c(C)c1. The average molecular weight is 426 g/mol. The van der Waals surface area contributed by atoms with Gasteiger partial charge >= 0.3 is 0 Å². The Balaban J connectivity index is 1.51. The van der Waals surface area contributed by atoms with Crippen molar-refractivity contribution in [2.75, 3.05) is 18.4 Å². The lowest BCUT2D eigenvalue weighted by atomic mass is 10.2. The first-order chi connectivity index (χ1) is 14.3. The molecule has 8 heteroatoms. The summed E-state index contributed by atoms with van der Waals surface area (Å²) in [7, 11) is -3.66. The molecular weight excluding hydrogens is 402 g/mol. The van der Waals surface area contributed by atoms with Crippen LogP contribution in [0.3, 0.4) is 0 Å². The number of sulfonamides is 1. The molecule has 0 bridgehead atoms. The first-order valence-electron chi connectivity index (χ1n) is 9.73. The van der Waals surface area contributed by atoms with Crippen molar-refractivity contribution in [2.24, 2.45) is 0 Å². The number of nitrogens with one attached hydrogen (secondary N) is 1. The fraction of sp³-hybridized carbons (Fsp3) is 0.273. The lowest BCUT2D eigenvalue weighted by Crippen LogP contribution is -2.31. The molecule has 0 spiro atoms. The lowest BCUT2D eigenvalue weighted by Gasteiger charge is -2.19. The van der Waals surface area contributed by atoms with E-state index in [-0.39, 0.29) is 23.5 Å². The number of hydrogen-bond donors (Lipinski definition) is 1. The highest BCUT2D eigenvalue weighted by atomic mass is 32.2. The molecule has 30 heavy (non-hydrogen) atoms. The van der Waals surface area contributed by atoms with E-state index in [9.17, 15) is 13.2 Å². The third-order valence-corrected chi connectivity index (χ3v) is 7.14. The van der Waals surface area contributed by atoms with Crippen molar-refractivity contribution in [3.05, 3.63) is 60.3 Å². The molecule has 0 radical (unpaired) electrons. The number of aryl methyl sites for hydroxylation is 1. The molecule has 1 unspecified atom stereocenters. The largest absolute Gasteiger partial charge is 0.487 e. The minimum Gasteiger partial charge on any atom is -0.487 e. The second-order valence-electron chi connectivity index (χ2n) is 7.38. The Morgan fingerprint density at radius 2 is 2.00 bits per heavy atom. The summed E-state index contributed by atoms with van der Waals surface area (Å²) in [5.74, 6) is 0.459. The van der Waals surface area contributed by atoms with Gasteiger partial charge in [-0.25, -0.2) is 8.42 Å². The Labute approximate surface area is 175 Å². The number of amides is 1. The Bertz CT molecular complexity index is 1200. The normalized spacial score (nSPS) is 17.2. The van der Waals surface area contributed by atoms with Gasteiger partial charge in [0.1, 0.15) is 17.4 Å². The van der Waals surface area contributed by atoms with Gasteiger partial charge in [0, 0.05) is 30.7 Å². The molecule has 4 rings (SSSR count). The molecule has 1 N–H and O–H groups in total. The zero-order chi connectivity index (χ0) is 21.3. The van der Waals surface area contributed by atoms with E-state index in [1.165, 1.54) is 11.2 Å². The van der Waals surface area contributed by atoms with E-state index in [1.54, 1.807) is 31.3 Å². The number of fused-ring (bicyclic) bond motifs is 1. The van der Waals surface area contributed by atoms with Crippen molar-refractivity contribution < 1.29 is 17.9 Å². The molecule has 1 aliphatic rings. The number of rotatable bonds is 5. The molecule has 1 atom stereocenters. The number of nitrogens with zero attached hydrogens (tertiary/aromatic N) is 2. The van der Waals surface area contributed by atoms with Crippen LogP contribution in [-0.4, -0.2) is 42.8 Å². The zero-order valence-corrected chi connectivity index (χ0v) is 17.6. The predicted molar refractivity (Wildman–Crippen MR) is 115 cm³/mol. The molecule has 2 heterocycles. The van der Waals surface area contributed by atoms with Gasteiger partial charge in [-0.2, -0.15) is 4.31 Å². The van der Waals surface area contributed by atoms with Gasteiger partial charge in [-0.05, 0) is 49.2 Å². The van der Waals surface area contributed by atoms with Crippen LogP contribution in [0.2, 0.25) is 0 Å². The highest BCUT2D eigenvalue weighted by molar-refractivity contribution is 7.89. The maximum Gasteiger partial charge on any atom is 0.243 e. The number of para-hydroxylation sites is 1. The van der Waals surface area contributed by atoms with E-state index >= 15 is 0 Å². The second-order valence-corrected chi connectivity index (χ2v) is 9.29. The van der Waals surface area contributed by atoms with Crippen molar-refractivity contribution in [1.29, 1.82) is 0 Å². The molecule has 0 saturated carbocycles. The van der Waals surface area contributed by atoms with E-state index in [4.69, 9.17) is 4.74 Å². The Morgan fingerprint density at radius 3 is 2.77 bits per heavy atom. The summed E-state index contributed by atoms with van der Waals surface area (Å²) >= 11 is 0. The Morgan fingerprint density at radius 1 is 1.20 bits per heavy atom. The van der Waals surface area contributed by atoms with Crippen LogP contribution in [-0.2, 0) is 14.8 Å². The third kappa shape index (κ3) is 4.01. The van der Waals surface area contributed by atoms with Crippen molar-refractivity contribution in [3.8, 4) is 5.75 Å². The first-order valence-corrected chi connectivity index (χ1v) is 11.2. The van der Waals surface area contributed by atoms with E-state index in [0.29, 0.717) is 30.0 Å². The molecule has 2 aromatic carbocycles. The molecule has 156 valence electrons. The van der Waals surface area contributed by atoms with Crippen LogP contribution in [0, 0.1) is 6.92 Å². The summed E-state index contributed by atoms with van der Waals surface area (Å²) < 4.78 is 33.9. The molecule has 3 aromatic rings. The van der Waals surface area contributed by atoms with Crippen LogP contribution in [0.5, 0.6) is 5.75 Å². The number of ether oxygens (including phenoxy) is 1. The summed E-state index contributed by atoms with van der Waals surface area (Å²) in [6.07, 6.45) is 2.07. The molecule has 1 aliphatic heterocycles. The average Bonchev–Trinajstić information content (AvgIpc) is 3.17. The molecule has 1 aromatic heterocycles. The van der Waals surface area contributed by atoms with Crippen molar-refractivity contribution in [3.63, 3.8) is 0 Å². The maximum absolute atomic E-state index is 13.2. The standard InChI is InChI=1S/C22H23N3O4S/c1-15-13-18(24-16(2)26)8-9-21(15)30(27,28)25-12-10-19(14-25)29-20-7-3-5-17-6-4-11-23-22(17)20/h3-9,11,13,19H,10,12,14H2,1-2H3,(H,24,26). The summed E-state index contributed by atoms with van der Waals surface area (Å²) in [5, 5.41) is 3.65. The van der Waals surface area contributed by atoms with Crippen LogP contribution in [0.15, 0.2) is 59.6 Å².